The van der Waals surface area contributed by atoms with Gasteiger partial charge in [0, 0.05) is 0 Å². The Morgan fingerprint density at radius 3 is 1.22 bits per heavy atom. The molecule has 0 radical (unpaired) electrons. The summed E-state index contributed by atoms with van der Waals surface area (Å²) in [4.78, 5) is 0. The maximum absolute atomic E-state index is 9.49. The van der Waals surface area contributed by atoms with Crippen molar-refractivity contribution in [2.45, 2.75) is 77.0 Å². The van der Waals surface area contributed by atoms with Crippen LogP contribution in [0.2, 0.25) is 0 Å². The Kier molecular flexibility index (Phi) is 4.28. The molecule has 2 fully saturated rings. The molecule has 0 atom stereocenters. The number of hydrogen-bond acceptors (Lipinski definition) is 2. The molecule has 2 aliphatic carbocycles. The zero-order chi connectivity index (χ0) is 12.9. The van der Waals surface area contributed by atoms with Crippen LogP contribution in [0.1, 0.15) is 77.0 Å². The van der Waals surface area contributed by atoms with E-state index in [2.05, 4.69) is 12.1 Å². The third kappa shape index (κ3) is 2.86. The summed E-state index contributed by atoms with van der Waals surface area (Å²) < 4.78 is 0. The van der Waals surface area contributed by atoms with Crippen LogP contribution < -0.4 is 0 Å². The Morgan fingerprint density at radius 2 is 0.944 bits per heavy atom. The van der Waals surface area contributed by atoms with Crippen molar-refractivity contribution in [3.05, 3.63) is 0 Å². The van der Waals surface area contributed by atoms with Crippen molar-refractivity contribution < 1.29 is 0 Å². The SMILES string of the molecule is N#CC1(CCC2(C#N)CCCCC2)CCCCC1. The summed E-state index contributed by atoms with van der Waals surface area (Å²) in [5, 5.41) is 19.0. The molecule has 0 unspecified atom stereocenters. The van der Waals surface area contributed by atoms with Crippen LogP contribution in [0.25, 0.3) is 0 Å². The summed E-state index contributed by atoms with van der Waals surface area (Å²) in [6.45, 7) is 0. The monoisotopic (exact) mass is 244 g/mol. The summed E-state index contributed by atoms with van der Waals surface area (Å²) in [6, 6.07) is 5.18. The lowest BCUT2D eigenvalue weighted by Gasteiger charge is -2.36. The van der Waals surface area contributed by atoms with Crippen molar-refractivity contribution in [2.24, 2.45) is 10.8 Å². The number of nitriles is 2. The third-order valence-electron chi connectivity index (χ3n) is 5.18. The van der Waals surface area contributed by atoms with E-state index in [4.69, 9.17) is 0 Å². The number of nitrogens with zero attached hydrogens (tertiary/aromatic N) is 2. The highest BCUT2D eigenvalue weighted by Crippen LogP contribution is 2.46. The van der Waals surface area contributed by atoms with Gasteiger partial charge in [-0.1, -0.05) is 38.5 Å². The molecule has 0 aromatic carbocycles. The average molecular weight is 244 g/mol. The lowest BCUT2D eigenvalue weighted by Crippen LogP contribution is -2.28. The summed E-state index contributed by atoms with van der Waals surface area (Å²) in [5.41, 5.74) is -0.195. The molecule has 0 amide bonds. The quantitative estimate of drug-likeness (QED) is 0.721. The summed E-state index contributed by atoms with van der Waals surface area (Å²) in [5.74, 6) is 0. The minimum atomic E-state index is -0.0977. The van der Waals surface area contributed by atoms with Crippen molar-refractivity contribution in [1.82, 2.24) is 0 Å². The van der Waals surface area contributed by atoms with E-state index in [1.165, 1.54) is 38.5 Å². The van der Waals surface area contributed by atoms with Gasteiger partial charge in [0.1, 0.15) is 0 Å². The van der Waals surface area contributed by atoms with E-state index in [1.54, 1.807) is 0 Å². The lowest BCUT2D eigenvalue weighted by atomic mass is 9.66. The van der Waals surface area contributed by atoms with Gasteiger partial charge in [-0.2, -0.15) is 10.5 Å². The third-order valence-corrected chi connectivity index (χ3v) is 5.18. The van der Waals surface area contributed by atoms with Gasteiger partial charge in [0.25, 0.3) is 0 Å². The predicted octanol–water partition coefficient (Wildman–Crippen LogP) is 4.71. The molecule has 0 heterocycles. The molecule has 0 aromatic heterocycles. The van der Waals surface area contributed by atoms with Crippen LogP contribution in [0.3, 0.4) is 0 Å². The molecule has 0 N–H and O–H groups in total. The summed E-state index contributed by atoms with van der Waals surface area (Å²) >= 11 is 0. The molecule has 2 rings (SSSR count). The Hall–Kier alpha value is -1.02. The zero-order valence-corrected chi connectivity index (χ0v) is 11.4. The number of hydrogen-bond donors (Lipinski definition) is 0. The Bertz CT molecular complexity index is 310. The van der Waals surface area contributed by atoms with Crippen LogP contribution in [0, 0.1) is 33.5 Å². The highest BCUT2D eigenvalue weighted by Gasteiger charge is 2.38. The van der Waals surface area contributed by atoms with E-state index in [0.717, 1.165) is 38.5 Å². The van der Waals surface area contributed by atoms with Gasteiger partial charge in [0.15, 0.2) is 0 Å². The predicted molar refractivity (Wildman–Crippen MR) is 71.5 cm³/mol. The zero-order valence-electron chi connectivity index (χ0n) is 11.4. The molecular weight excluding hydrogens is 220 g/mol. The van der Waals surface area contributed by atoms with Crippen molar-refractivity contribution in [1.29, 1.82) is 10.5 Å². The molecule has 0 bridgehead atoms. The molecular formula is C16H24N2. The molecule has 2 nitrogen and oxygen atoms in total. The van der Waals surface area contributed by atoms with Gasteiger partial charge in [-0.05, 0) is 38.5 Å². The maximum Gasteiger partial charge on any atom is 0.0689 e. The van der Waals surface area contributed by atoms with Crippen LogP contribution >= 0.6 is 0 Å². The van der Waals surface area contributed by atoms with Gasteiger partial charge in [-0.25, -0.2) is 0 Å². The lowest BCUT2D eigenvalue weighted by molar-refractivity contribution is 0.178. The molecule has 18 heavy (non-hydrogen) atoms. The standard InChI is InChI=1S/C16H24N2/c17-13-15(7-3-1-4-8-15)11-12-16(14-18)9-5-2-6-10-16/h1-12H2. The van der Waals surface area contributed by atoms with Crippen molar-refractivity contribution >= 4 is 0 Å². The topological polar surface area (TPSA) is 47.6 Å². The van der Waals surface area contributed by atoms with Gasteiger partial charge < -0.3 is 0 Å². The fourth-order valence-corrected chi connectivity index (χ4v) is 3.77. The van der Waals surface area contributed by atoms with Crippen LogP contribution in [0.15, 0.2) is 0 Å². The van der Waals surface area contributed by atoms with Crippen LogP contribution in [-0.4, -0.2) is 0 Å². The molecule has 2 aliphatic rings. The molecule has 2 saturated carbocycles. The minimum absolute atomic E-state index is 0.0977. The first kappa shape index (κ1) is 13.4. The van der Waals surface area contributed by atoms with Crippen molar-refractivity contribution in [3.63, 3.8) is 0 Å². The van der Waals surface area contributed by atoms with E-state index in [-0.39, 0.29) is 10.8 Å². The smallest absolute Gasteiger partial charge is 0.0689 e. The Morgan fingerprint density at radius 1 is 0.611 bits per heavy atom. The first-order valence-corrected chi connectivity index (χ1v) is 7.57. The van der Waals surface area contributed by atoms with Crippen molar-refractivity contribution in [3.8, 4) is 12.1 Å². The fourth-order valence-electron chi connectivity index (χ4n) is 3.77. The molecule has 0 aromatic rings. The minimum Gasteiger partial charge on any atom is -0.198 e. The van der Waals surface area contributed by atoms with Crippen LogP contribution in [0.5, 0.6) is 0 Å². The van der Waals surface area contributed by atoms with Gasteiger partial charge in [-0.15, -0.1) is 0 Å². The fraction of sp³-hybridized carbons (Fsp3) is 0.875. The molecule has 2 heteroatoms. The Labute approximate surface area is 111 Å². The van der Waals surface area contributed by atoms with E-state index >= 15 is 0 Å². The highest BCUT2D eigenvalue weighted by atomic mass is 14.4. The summed E-state index contributed by atoms with van der Waals surface area (Å²) in [6.07, 6.45) is 13.5. The van der Waals surface area contributed by atoms with Crippen LogP contribution in [0.4, 0.5) is 0 Å². The molecule has 0 saturated heterocycles. The van der Waals surface area contributed by atoms with E-state index in [9.17, 15) is 10.5 Å². The second-order valence-electron chi connectivity index (χ2n) is 6.41. The first-order chi connectivity index (χ1) is 8.74. The Balaban J connectivity index is 1.96. The molecule has 98 valence electrons. The molecule has 0 aliphatic heterocycles. The highest BCUT2D eigenvalue weighted by molar-refractivity contribution is 5.05. The normalized spacial score (nSPS) is 25.9. The van der Waals surface area contributed by atoms with Crippen molar-refractivity contribution in [2.75, 3.05) is 0 Å². The van der Waals surface area contributed by atoms with E-state index in [0.29, 0.717) is 0 Å². The van der Waals surface area contributed by atoms with E-state index in [1.807, 2.05) is 0 Å². The second kappa shape index (κ2) is 5.75. The largest absolute Gasteiger partial charge is 0.198 e. The summed E-state index contributed by atoms with van der Waals surface area (Å²) in [7, 11) is 0. The first-order valence-electron chi connectivity index (χ1n) is 7.57. The molecule has 0 spiro atoms. The second-order valence-corrected chi connectivity index (χ2v) is 6.41. The van der Waals surface area contributed by atoms with Gasteiger partial charge >= 0.3 is 0 Å². The van der Waals surface area contributed by atoms with Gasteiger partial charge in [-0.3, -0.25) is 0 Å². The van der Waals surface area contributed by atoms with Crippen LogP contribution in [-0.2, 0) is 0 Å². The number of rotatable bonds is 3. The van der Waals surface area contributed by atoms with E-state index < -0.39 is 0 Å². The van der Waals surface area contributed by atoms with Gasteiger partial charge in [0.05, 0.1) is 23.0 Å². The van der Waals surface area contributed by atoms with Gasteiger partial charge in [0.2, 0.25) is 0 Å². The maximum atomic E-state index is 9.49. The average Bonchev–Trinajstić information content (AvgIpc) is 2.47.